The Hall–Kier alpha value is -1.22. The van der Waals surface area contributed by atoms with Gasteiger partial charge in [0.05, 0.1) is 0 Å². The van der Waals surface area contributed by atoms with Gasteiger partial charge in [0.1, 0.15) is 0 Å². The summed E-state index contributed by atoms with van der Waals surface area (Å²) in [4.78, 5) is 2.65. The normalized spacial score (nSPS) is 18.5. The van der Waals surface area contributed by atoms with Crippen LogP contribution in [0.25, 0.3) is 0 Å². The SMILES string of the molecule is CC.CC(C)C(Cc1ccc2c(c1)OCO2)N1CCCC1. The summed E-state index contributed by atoms with van der Waals surface area (Å²) in [6, 6.07) is 7.01. The molecule has 0 saturated carbocycles. The van der Waals surface area contributed by atoms with Gasteiger partial charge in [-0.2, -0.15) is 0 Å². The van der Waals surface area contributed by atoms with E-state index in [0.29, 0.717) is 18.8 Å². The van der Waals surface area contributed by atoms with Gasteiger partial charge in [0.25, 0.3) is 0 Å². The van der Waals surface area contributed by atoms with Crippen LogP contribution in [0.1, 0.15) is 46.1 Å². The number of likely N-dealkylation sites (tertiary alicyclic amines) is 1. The summed E-state index contributed by atoms with van der Waals surface area (Å²) in [7, 11) is 0. The molecule has 0 radical (unpaired) electrons. The van der Waals surface area contributed by atoms with Crippen LogP contribution >= 0.6 is 0 Å². The first kappa shape index (κ1) is 16.2. The van der Waals surface area contributed by atoms with E-state index in [0.717, 1.165) is 17.9 Å². The molecule has 0 amide bonds. The van der Waals surface area contributed by atoms with Crippen LogP contribution < -0.4 is 9.47 Å². The van der Waals surface area contributed by atoms with Gasteiger partial charge in [-0.3, -0.25) is 4.90 Å². The zero-order valence-electron chi connectivity index (χ0n) is 13.9. The summed E-state index contributed by atoms with van der Waals surface area (Å²) in [6.45, 7) is 11.5. The smallest absolute Gasteiger partial charge is 0.231 e. The average Bonchev–Trinajstić information content (AvgIpc) is 3.17. The molecule has 118 valence electrons. The third-order valence-corrected chi connectivity index (χ3v) is 4.26. The van der Waals surface area contributed by atoms with E-state index in [1.165, 1.54) is 31.5 Å². The number of benzene rings is 1. The van der Waals surface area contributed by atoms with Gasteiger partial charge in [-0.25, -0.2) is 0 Å². The molecule has 2 aliphatic heterocycles. The van der Waals surface area contributed by atoms with Crippen LogP contribution in [0.4, 0.5) is 0 Å². The van der Waals surface area contributed by atoms with Crippen LogP contribution in [0, 0.1) is 5.92 Å². The topological polar surface area (TPSA) is 21.7 Å². The van der Waals surface area contributed by atoms with Crippen molar-refractivity contribution in [1.29, 1.82) is 0 Å². The molecule has 21 heavy (non-hydrogen) atoms. The monoisotopic (exact) mass is 291 g/mol. The molecule has 0 spiro atoms. The van der Waals surface area contributed by atoms with Gasteiger partial charge < -0.3 is 9.47 Å². The van der Waals surface area contributed by atoms with Crippen molar-refractivity contribution in [3.8, 4) is 11.5 Å². The lowest BCUT2D eigenvalue weighted by Gasteiger charge is -2.31. The van der Waals surface area contributed by atoms with Crippen LogP contribution in [-0.4, -0.2) is 30.8 Å². The predicted octanol–water partition coefficient (Wildman–Crippen LogP) is 4.10. The van der Waals surface area contributed by atoms with Crippen molar-refractivity contribution in [3.63, 3.8) is 0 Å². The molecule has 1 fully saturated rings. The van der Waals surface area contributed by atoms with Crippen LogP contribution in [0.15, 0.2) is 18.2 Å². The first-order valence-corrected chi connectivity index (χ1v) is 8.36. The molecule has 1 aromatic carbocycles. The molecule has 0 aliphatic carbocycles. The van der Waals surface area contributed by atoms with Crippen LogP contribution in [0.3, 0.4) is 0 Å². The Labute approximate surface area is 129 Å². The first-order chi connectivity index (χ1) is 10.2. The molecule has 0 bridgehead atoms. The Balaban J connectivity index is 0.000000774. The third kappa shape index (κ3) is 3.91. The zero-order chi connectivity index (χ0) is 15.2. The molecule has 3 rings (SSSR count). The fourth-order valence-electron chi connectivity index (χ4n) is 3.17. The highest BCUT2D eigenvalue weighted by Gasteiger charge is 2.25. The fraction of sp³-hybridized carbons (Fsp3) is 0.667. The second-order valence-corrected chi connectivity index (χ2v) is 5.95. The Morgan fingerprint density at radius 1 is 1.05 bits per heavy atom. The first-order valence-electron chi connectivity index (χ1n) is 8.36. The Kier molecular flexibility index (Phi) is 5.92. The minimum Gasteiger partial charge on any atom is -0.454 e. The number of fused-ring (bicyclic) bond motifs is 1. The largest absolute Gasteiger partial charge is 0.454 e. The number of ether oxygens (including phenoxy) is 2. The van der Waals surface area contributed by atoms with E-state index in [9.17, 15) is 0 Å². The fourth-order valence-corrected chi connectivity index (χ4v) is 3.17. The van der Waals surface area contributed by atoms with Gasteiger partial charge in [-0.05, 0) is 56.0 Å². The summed E-state index contributed by atoms with van der Waals surface area (Å²) >= 11 is 0. The number of rotatable bonds is 4. The van der Waals surface area contributed by atoms with E-state index in [4.69, 9.17) is 9.47 Å². The molecule has 1 unspecified atom stereocenters. The molecule has 1 aromatic rings. The second kappa shape index (κ2) is 7.69. The highest BCUT2D eigenvalue weighted by molar-refractivity contribution is 5.44. The summed E-state index contributed by atoms with van der Waals surface area (Å²) in [5, 5.41) is 0. The predicted molar refractivity (Wildman–Crippen MR) is 87.1 cm³/mol. The van der Waals surface area contributed by atoms with E-state index in [2.05, 4.69) is 30.9 Å². The van der Waals surface area contributed by atoms with Gasteiger partial charge >= 0.3 is 0 Å². The Bertz CT molecular complexity index is 439. The molecule has 0 N–H and O–H groups in total. The number of hydrogen-bond acceptors (Lipinski definition) is 3. The summed E-state index contributed by atoms with van der Waals surface area (Å²) < 4.78 is 10.8. The molecular formula is C18H29NO2. The number of hydrogen-bond donors (Lipinski definition) is 0. The molecule has 1 atom stereocenters. The van der Waals surface area contributed by atoms with Crippen molar-refractivity contribution in [2.75, 3.05) is 19.9 Å². The van der Waals surface area contributed by atoms with Gasteiger partial charge in [0, 0.05) is 6.04 Å². The maximum Gasteiger partial charge on any atom is 0.231 e. The lowest BCUT2D eigenvalue weighted by Crippen LogP contribution is -2.38. The molecule has 3 heteroatoms. The lowest BCUT2D eigenvalue weighted by atomic mass is 9.95. The quantitative estimate of drug-likeness (QED) is 0.833. The summed E-state index contributed by atoms with van der Waals surface area (Å²) in [5.41, 5.74) is 1.36. The van der Waals surface area contributed by atoms with Gasteiger partial charge in [-0.15, -0.1) is 0 Å². The van der Waals surface area contributed by atoms with Crippen molar-refractivity contribution in [3.05, 3.63) is 23.8 Å². The molecule has 0 aromatic heterocycles. The van der Waals surface area contributed by atoms with Gasteiger partial charge in [0.15, 0.2) is 11.5 Å². The van der Waals surface area contributed by atoms with E-state index >= 15 is 0 Å². The van der Waals surface area contributed by atoms with E-state index in [1.54, 1.807) is 0 Å². The second-order valence-electron chi connectivity index (χ2n) is 5.95. The van der Waals surface area contributed by atoms with E-state index < -0.39 is 0 Å². The van der Waals surface area contributed by atoms with Crippen molar-refractivity contribution >= 4 is 0 Å². The van der Waals surface area contributed by atoms with Crippen LogP contribution in [-0.2, 0) is 6.42 Å². The van der Waals surface area contributed by atoms with Crippen molar-refractivity contribution in [2.45, 2.75) is 53.0 Å². The third-order valence-electron chi connectivity index (χ3n) is 4.26. The highest BCUT2D eigenvalue weighted by atomic mass is 16.7. The van der Waals surface area contributed by atoms with Crippen molar-refractivity contribution < 1.29 is 9.47 Å². The van der Waals surface area contributed by atoms with Crippen LogP contribution in [0.2, 0.25) is 0 Å². The zero-order valence-corrected chi connectivity index (χ0v) is 13.9. The average molecular weight is 291 g/mol. The van der Waals surface area contributed by atoms with E-state index in [1.807, 2.05) is 19.9 Å². The van der Waals surface area contributed by atoms with Crippen LogP contribution in [0.5, 0.6) is 11.5 Å². The van der Waals surface area contributed by atoms with Gasteiger partial charge in [-0.1, -0.05) is 33.8 Å². The summed E-state index contributed by atoms with van der Waals surface area (Å²) in [5.74, 6) is 2.47. The van der Waals surface area contributed by atoms with Crippen molar-refractivity contribution in [2.24, 2.45) is 5.92 Å². The maximum atomic E-state index is 5.47. The molecule has 2 heterocycles. The Morgan fingerprint density at radius 2 is 1.71 bits per heavy atom. The standard InChI is InChI=1S/C16H23NO2.C2H6/c1-12(2)14(17-7-3-4-8-17)9-13-5-6-15-16(10-13)19-11-18-15;1-2/h5-6,10,12,14H,3-4,7-9,11H2,1-2H3;1-2H3. The number of nitrogens with zero attached hydrogens (tertiary/aromatic N) is 1. The Morgan fingerprint density at radius 3 is 2.38 bits per heavy atom. The molecule has 3 nitrogen and oxygen atoms in total. The summed E-state index contributed by atoms with van der Waals surface area (Å²) in [6.07, 6.45) is 3.81. The molecule has 2 aliphatic rings. The molecule has 1 saturated heterocycles. The highest BCUT2D eigenvalue weighted by Crippen LogP contribution is 2.33. The van der Waals surface area contributed by atoms with Gasteiger partial charge in [0.2, 0.25) is 6.79 Å². The molecular weight excluding hydrogens is 262 g/mol. The lowest BCUT2D eigenvalue weighted by molar-refractivity contribution is 0.173. The van der Waals surface area contributed by atoms with Crippen molar-refractivity contribution in [1.82, 2.24) is 4.90 Å². The minimum absolute atomic E-state index is 0.360. The minimum atomic E-state index is 0.360. The maximum absolute atomic E-state index is 5.47. The van der Waals surface area contributed by atoms with E-state index in [-0.39, 0.29) is 0 Å².